The van der Waals surface area contributed by atoms with Gasteiger partial charge in [0.2, 0.25) is 0 Å². The predicted octanol–water partition coefficient (Wildman–Crippen LogP) is 3.64. The molecule has 0 aromatic heterocycles. The second-order valence-corrected chi connectivity index (χ2v) is 5.22. The fourth-order valence-corrected chi connectivity index (χ4v) is 2.35. The van der Waals surface area contributed by atoms with Gasteiger partial charge >= 0.3 is 0 Å². The summed E-state index contributed by atoms with van der Waals surface area (Å²) in [6.07, 6.45) is 1.85. The molecule has 21 heavy (non-hydrogen) atoms. The standard InChI is InChI=1S/C18H23NO2/c1-13-4-8-15(12-18(13)21-3)17(19)11-7-14-5-9-16(20-2)10-6-14/h4-6,8-10,12,17H,7,11,19H2,1-3H3. The third-order valence-electron chi connectivity index (χ3n) is 3.76. The van der Waals surface area contributed by atoms with Gasteiger partial charge in [-0.25, -0.2) is 0 Å². The minimum absolute atomic E-state index is 0.0154. The maximum absolute atomic E-state index is 6.29. The Morgan fingerprint density at radius 1 is 1.00 bits per heavy atom. The lowest BCUT2D eigenvalue weighted by Gasteiger charge is -2.14. The van der Waals surface area contributed by atoms with Crippen molar-refractivity contribution in [3.63, 3.8) is 0 Å². The number of hydrogen-bond donors (Lipinski definition) is 1. The van der Waals surface area contributed by atoms with Gasteiger partial charge in [-0.15, -0.1) is 0 Å². The van der Waals surface area contributed by atoms with Crippen LogP contribution in [0.4, 0.5) is 0 Å². The predicted molar refractivity (Wildman–Crippen MR) is 86.0 cm³/mol. The van der Waals surface area contributed by atoms with Gasteiger partial charge in [-0.1, -0.05) is 24.3 Å². The second kappa shape index (κ2) is 7.14. The fraction of sp³-hybridized carbons (Fsp3) is 0.333. The number of aryl methyl sites for hydroxylation is 2. The molecule has 0 heterocycles. The number of rotatable bonds is 6. The smallest absolute Gasteiger partial charge is 0.122 e. The normalized spacial score (nSPS) is 12.0. The SMILES string of the molecule is COc1ccc(CCC(N)c2ccc(C)c(OC)c2)cc1. The summed E-state index contributed by atoms with van der Waals surface area (Å²) < 4.78 is 10.5. The Kier molecular flexibility index (Phi) is 5.23. The zero-order valence-electron chi connectivity index (χ0n) is 12.9. The first kappa shape index (κ1) is 15.4. The number of nitrogens with two attached hydrogens (primary N) is 1. The maximum atomic E-state index is 6.29. The van der Waals surface area contributed by atoms with E-state index in [9.17, 15) is 0 Å². The summed E-state index contributed by atoms with van der Waals surface area (Å²) in [5.74, 6) is 1.78. The first-order valence-corrected chi connectivity index (χ1v) is 7.17. The molecule has 2 rings (SSSR count). The quantitative estimate of drug-likeness (QED) is 0.881. The van der Waals surface area contributed by atoms with Crippen LogP contribution in [0.1, 0.15) is 29.2 Å². The van der Waals surface area contributed by atoms with Gasteiger partial charge in [-0.2, -0.15) is 0 Å². The fourth-order valence-electron chi connectivity index (χ4n) is 2.35. The van der Waals surface area contributed by atoms with Crippen molar-refractivity contribution in [2.75, 3.05) is 14.2 Å². The van der Waals surface area contributed by atoms with Crippen molar-refractivity contribution >= 4 is 0 Å². The first-order chi connectivity index (χ1) is 10.1. The van der Waals surface area contributed by atoms with Crippen molar-refractivity contribution in [3.8, 4) is 11.5 Å². The molecular weight excluding hydrogens is 262 g/mol. The number of hydrogen-bond acceptors (Lipinski definition) is 3. The Hall–Kier alpha value is -2.00. The Morgan fingerprint density at radius 3 is 2.33 bits per heavy atom. The average molecular weight is 285 g/mol. The highest BCUT2D eigenvalue weighted by molar-refractivity contribution is 5.38. The highest BCUT2D eigenvalue weighted by Crippen LogP contribution is 2.24. The van der Waals surface area contributed by atoms with E-state index in [0.717, 1.165) is 35.5 Å². The van der Waals surface area contributed by atoms with Gasteiger partial charge < -0.3 is 15.2 Å². The number of ether oxygens (including phenoxy) is 2. The van der Waals surface area contributed by atoms with Gasteiger partial charge in [0.15, 0.2) is 0 Å². The monoisotopic (exact) mass is 285 g/mol. The number of methoxy groups -OCH3 is 2. The maximum Gasteiger partial charge on any atom is 0.122 e. The lowest BCUT2D eigenvalue weighted by Crippen LogP contribution is -2.11. The molecule has 0 aliphatic heterocycles. The summed E-state index contributed by atoms with van der Waals surface area (Å²) in [7, 11) is 3.37. The minimum atomic E-state index is 0.0154. The largest absolute Gasteiger partial charge is 0.497 e. The summed E-state index contributed by atoms with van der Waals surface area (Å²) >= 11 is 0. The summed E-state index contributed by atoms with van der Waals surface area (Å²) in [4.78, 5) is 0. The molecule has 0 saturated heterocycles. The molecule has 0 saturated carbocycles. The molecule has 3 heteroatoms. The van der Waals surface area contributed by atoms with Crippen molar-refractivity contribution in [3.05, 3.63) is 59.2 Å². The van der Waals surface area contributed by atoms with E-state index in [1.807, 2.05) is 25.1 Å². The average Bonchev–Trinajstić information content (AvgIpc) is 2.53. The van der Waals surface area contributed by atoms with Crippen LogP contribution in [-0.4, -0.2) is 14.2 Å². The lowest BCUT2D eigenvalue weighted by molar-refractivity contribution is 0.410. The molecule has 0 fully saturated rings. The molecule has 0 aliphatic carbocycles. The van der Waals surface area contributed by atoms with E-state index >= 15 is 0 Å². The van der Waals surface area contributed by atoms with Crippen LogP contribution in [0.2, 0.25) is 0 Å². The lowest BCUT2D eigenvalue weighted by atomic mass is 9.98. The summed E-state index contributed by atoms with van der Waals surface area (Å²) in [6.45, 7) is 2.03. The van der Waals surface area contributed by atoms with E-state index in [0.29, 0.717) is 0 Å². The molecule has 1 unspecified atom stereocenters. The molecule has 112 valence electrons. The van der Waals surface area contributed by atoms with Crippen molar-refractivity contribution < 1.29 is 9.47 Å². The van der Waals surface area contributed by atoms with Gasteiger partial charge in [-0.05, 0) is 54.7 Å². The molecule has 2 aromatic rings. The highest BCUT2D eigenvalue weighted by Gasteiger charge is 2.09. The van der Waals surface area contributed by atoms with E-state index in [2.05, 4.69) is 24.3 Å². The third kappa shape index (κ3) is 3.99. The van der Waals surface area contributed by atoms with E-state index in [1.54, 1.807) is 14.2 Å². The van der Waals surface area contributed by atoms with Gasteiger partial charge in [0.1, 0.15) is 11.5 Å². The van der Waals surface area contributed by atoms with Crippen LogP contribution in [0.5, 0.6) is 11.5 Å². The van der Waals surface area contributed by atoms with Crippen LogP contribution in [0.15, 0.2) is 42.5 Å². The molecule has 2 aromatic carbocycles. The van der Waals surface area contributed by atoms with E-state index in [4.69, 9.17) is 15.2 Å². The van der Waals surface area contributed by atoms with Crippen LogP contribution in [0.3, 0.4) is 0 Å². The topological polar surface area (TPSA) is 44.5 Å². The summed E-state index contributed by atoms with van der Waals surface area (Å²) in [6, 6.07) is 14.3. The van der Waals surface area contributed by atoms with E-state index < -0.39 is 0 Å². The van der Waals surface area contributed by atoms with Crippen molar-refractivity contribution in [1.82, 2.24) is 0 Å². The Morgan fingerprint density at radius 2 is 1.71 bits per heavy atom. The number of benzene rings is 2. The molecule has 0 spiro atoms. The molecule has 0 aliphatic rings. The highest BCUT2D eigenvalue weighted by atomic mass is 16.5. The molecule has 0 bridgehead atoms. The van der Waals surface area contributed by atoms with Crippen LogP contribution in [0.25, 0.3) is 0 Å². The Bertz CT molecular complexity index is 578. The van der Waals surface area contributed by atoms with Gasteiger partial charge in [0.25, 0.3) is 0 Å². The van der Waals surface area contributed by atoms with Gasteiger partial charge in [0, 0.05) is 6.04 Å². The molecule has 1 atom stereocenters. The van der Waals surface area contributed by atoms with Crippen molar-refractivity contribution in [2.45, 2.75) is 25.8 Å². The zero-order valence-corrected chi connectivity index (χ0v) is 12.9. The zero-order chi connectivity index (χ0) is 15.2. The first-order valence-electron chi connectivity index (χ1n) is 7.17. The molecule has 0 amide bonds. The molecule has 3 nitrogen and oxygen atoms in total. The van der Waals surface area contributed by atoms with E-state index in [1.165, 1.54) is 5.56 Å². The molecular formula is C18H23NO2. The minimum Gasteiger partial charge on any atom is -0.497 e. The van der Waals surface area contributed by atoms with Crippen LogP contribution in [0, 0.1) is 6.92 Å². The van der Waals surface area contributed by atoms with Crippen LogP contribution >= 0.6 is 0 Å². The van der Waals surface area contributed by atoms with Crippen molar-refractivity contribution in [2.24, 2.45) is 5.73 Å². The van der Waals surface area contributed by atoms with Crippen molar-refractivity contribution in [1.29, 1.82) is 0 Å². The van der Waals surface area contributed by atoms with E-state index in [-0.39, 0.29) is 6.04 Å². The van der Waals surface area contributed by atoms with Gasteiger partial charge in [-0.3, -0.25) is 0 Å². The molecule has 2 N–H and O–H groups in total. The molecule has 0 radical (unpaired) electrons. The van der Waals surface area contributed by atoms with Crippen LogP contribution in [-0.2, 0) is 6.42 Å². The Balaban J connectivity index is 1.98. The van der Waals surface area contributed by atoms with Gasteiger partial charge in [0.05, 0.1) is 14.2 Å². The second-order valence-electron chi connectivity index (χ2n) is 5.22. The third-order valence-corrected chi connectivity index (χ3v) is 3.76. The summed E-state index contributed by atoms with van der Waals surface area (Å²) in [5.41, 5.74) is 9.81. The Labute approximate surface area is 126 Å². The van der Waals surface area contributed by atoms with Crippen LogP contribution < -0.4 is 15.2 Å². The summed E-state index contributed by atoms with van der Waals surface area (Å²) in [5, 5.41) is 0.